The molecule has 2 nitrogen and oxygen atoms in total. The second-order valence-corrected chi connectivity index (χ2v) is 4.89. The van der Waals surface area contributed by atoms with E-state index in [4.69, 9.17) is 9.47 Å². The van der Waals surface area contributed by atoms with Gasteiger partial charge in [0, 0.05) is 6.42 Å². The summed E-state index contributed by atoms with van der Waals surface area (Å²) in [5.74, 6) is 8.04. The van der Waals surface area contributed by atoms with Crippen LogP contribution in [0.3, 0.4) is 0 Å². The van der Waals surface area contributed by atoms with Crippen LogP contribution in [0.15, 0.2) is 18.2 Å². The third kappa shape index (κ3) is 6.02. The van der Waals surface area contributed by atoms with Gasteiger partial charge in [-0.1, -0.05) is 50.9 Å². The first-order valence-corrected chi connectivity index (χ1v) is 7.52. The fourth-order valence-corrected chi connectivity index (χ4v) is 2.06. The molecular formula is C18H26O2. The number of hydrogen-bond acceptors (Lipinski definition) is 2. The minimum absolute atomic E-state index is 0.807. The fraction of sp³-hybridized carbons (Fsp3) is 0.556. The van der Waals surface area contributed by atoms with E-state index in [2.05, 4.69) is 18.8 Å². The Labute approximate surface area is 123 Å². The van der Waals surface area contributed by atoms with Gasteiger partial charge in [0.25, 0.3) is 0 Å². The Morgan fingerprint density at radius 1 is 0.950 bits per heavy atom. The van der Waals surface area contributed by atoms with Gasteiger partial charge in [-0.2, -0.15) is 0 Å². The van der Waals surface area contributed by atoms with E-state index in [9.17, 15) is 0 Å². The highest BCUT2D eigenvalue weighted by Gasteiger charge is 2.01. The molecule has 2 heteroatoms. The molecule has 0 aliphatic carbocycles. The lowest BCUT2D eigenvalue weighted by Crippen LogP contribution is -1.90. The number of hydrogen-bond donors (Lipinski definition) is 0. The first kappa shape index (κ1) is 16.4. The molecule has 0 unspecified atom stereocenters. The van der Waals surface area contributed by atoms with E-state index in [0.29, 0.717) is 0 Å². The van der Waals surface area contributed by atoms with Crippen LogP contribution in [0.5, 0.6) is 11.5 Å². The van der Waals surface area contributed by atoms with Gasteiger partial charge in [0.1, 0.15) is 11.5 Å². The summed E-state index contributed by atoms with van der Waals surface area (Å²) >= 11 is 0. The summed E-state index contributed by atoms with van der Waals surface area (Å²) < 4.78 is 10.5. The fourth-order valence-electron chi connectivity index (χ4n) is 2.06. The van der Waals surface area contributed by atoms with Gasteiger partial charge in [-0.3, -0.25) is 0 Å². The van der Waals surface area contributed by atoms with E-state index in [0.717, 1.165) is 23.5 Å². The number of unbranched alkanes of at least 4 members (excludes halogenated alkanes) is 6. The van der Waals surface area contributed by atoms with Crippen molar-refractivity contribution >= 4 is 0 Å². The molecule has 20 heavy (non-hydrogen) atoms. The first-order valence-electron chi connectivity index (χ1n) is 7.52. The van der Waals surface area contributed by atoms with Gasteiger partial charge in [0.05, 0.1) is 19.8 Å². The Hall–Kier alpha value is -1.62. The Balaban J connectivity index is 2.42. The minimum atomic E-state index is 0.807. The Morgan fingerprint density at radius 2 is 1.70 bits per heavy atom. The maximum atomic E-state index is 5.31. The van der Waals surface area contributed by atoms with Crippen LogP contribution in [0.25, 0.3) is 0 Å². The van der Waals surface area contributed by atoms with Crippen molar-refractivity contribution in [2.24, 2.45) is 0 Å². The zero-order valence-electron chi connectivity index (χ0n) is 13.0. The molecule has 1 aromatic rings. The molecule has 1 rings (SSSR count). The summed E-state index contributed by atoms with van der Waals surface area (Å²) in [5, 5.41) is 0. The van der Waals surface area contributed by atoms with Crippen molar-refractivity contribution in [1.82, 2.24) is 0 Å². The number of methoxy groups -OCH3 is 2. The maximum absolute atomic E-state index is 5.31. The van der Waals surface area contributed by atoms with Crippen LogP contribution in [0.1, 0.15) is 57.4 Å². The van der Waals surface area contributed by atoms with Crippen molar-refractivity contribution in [3.8, 4) is 23.3 Å². The van der Waals surface area contributed by atoms with Gasteiger partial charge in [-0.15, -0.1) is 0 Å². The standard InChI is InChI=1S/C18H26O2/c1-4-5-6-7-8-9-10-11-12-16-15-17(19-2)13-14-18(16)20-3/h13-15H,4-10H2,1-3H3. The summed E-state index contributed by atoms with van der Waals surface area (Å²) in [6, 6.07) is 5.71. The van der Waals surface area contributed by atoms with Gasteiger partial charge in [0.2, 0.25) is 0 Å². The molecule has 0 aliphatic rings. The van der Waals surface area contributed by atoms with Gasteiger partial charge in [0.15, 0.2) is 0 Å². The molecular weight excluding hydrogens is 248 g/mol. The van der Waals surface area contributed by atoms with Crippen LogP contribution in [0.4, 0.5) is 0 Å². The van der Waals surface area contributed by atoms with Gasteiger partial charge >= 0.3 is 0 Å². The van der Waals surface area contributed by atoms with Crippen LogP contribution in [-0.4, -0.2) is 14.2 Å². The molecule has 0 radical (unpaired) electrons. The lowest BCUT2D eigenvalue weighted by atomic mass is 10.1. The van der Waals surface area contributed by atoms with Gasteiger partial charge < -0.3 is 9.47 Å². The number of benzene rings is 1. The SMILES string of the molecule is CCCCCCCCC#Cc1cc(OC)ccc1OC. The predicted octanol–water partition coefficient (Wildman–Crippen LogP) is 4.81. The second kappa shape index (κ2) is 10.2. The highest BCUT2D eigenvalue weighted by atomic mass is 16.5. The largest absolute Gasteiger partial charge is 0.497 e. The normalized spacial score (nSPS) is 9.75. The Bertz CT molecular complexity index is 440. The second-order valence-electron chi connectivity index (χ2n) is 4.89. The average molecular weight is 274 g/mol. The Kier molecular flexibility index (Phi) is 8.38. The molecule has 0 amide bonds. The monoisotopic (exact) mass is 274 g/mol. The molecule has 0 saturated heterocycles. The molecule has 0 bridgehead atoms. The van der Waals surface area contributed by atoms with Crippen LogP contribution in [-0.2, 0) is 0 Å². The quantitative estimate of drug-likeness (QED) is 0.500. The topological polar surface area (TPSA) is 18.5 Å². The van der Waals surface area contributed by atoms with E-state index >= 15 is 0 Å². The summed E-state index contributed by atoms with van der Waals surface area (Å²) in [7, 11) is 3.33. The van der Waals surface area contributed by atoms with Crippen molar-refractivity contribution < 1.29 is 9.47 Å². The third-order valence-corrected chi connectivity index (χ3v) is 3.29. The lowest BCUT2D eigenvalue weighted by molar-refractivity contribution is 0.402. The maximum Gasteiger partial charge on any atom is 0.134 e. The number of rotatable bonds is 8. The van der Waals surface area contributed by atoms with E-state index in [-0.39, 0.29) is 0 Å². The molecule has 0 heterocycles. The van der Waals surface area contributed by atoms with Crippen LogP contribution in [0, 0.1) is 11.8 Å². The predicted molar refractivity (Wildman–Crippen MR) is 84.4 cm³/mol. The van der Waals surface area contributed by atoms with Crippen molar-refractivity contribution in [2.75, 3.05) is 14.2 Å². The third-order valence-electron chi connectivity index (χ3n) is 3.29. The summed E-state index contributed by atoms with van der Waals surface area (Å²) in [5.41, 5.74) is 0.901. The molecule has 0 atom stereocenters. The van der Waals surface area contributed by atoms with Crippen LogP contribution < -0.4 is 9.47 Å². The van der Waals surface area contributed by atoms with Crippen LogP contribution in [0.2, 0.25) is 0 Å². The van der Waals surface area contributed by atoms with Crippen molar-refractivity contribution in [3.63, 3.8) is 0 Å². The first-order chi connectivity index (χ1) is 9.81. The highest BCUT2D eigenvalue weighted by molar-refractivity contribution is 5.50. The molecule has 1 aromatic carbocycles. The van der Waals surface area contributed by atoms with Crippen molar-refractivity contribution in [1.29, 1.82) is 0 Å². The molecule has 110 valence electrons. The Morgan fingerprint density at radius 3 is 2.40 bits per heavy atom. The van der Waals surface area contributed by atoms with E-state index in [1.165, 1.54) is 38.5 Å². The smallest absolute Gasteiger partial charge is 0.134 e. The van der Waals surface area contributed by atoms with E-state index < -0.39 is 0 Å². The van der Waals surface area contributed by atoms with Crippen molar-refractivity contribution in [2.45, 2.75) is 51.9 Å². The summed E-state index contributed by atoms with van der Waals surface area (Å²) in [6.45, 7) is 2.24. The molecule has 0 saturated carbocycles. The zero-order valence-corrected chi connectivity index (χ0v) is 13.0. The number of ether oxygens (including phenoxy) is 2. The van der Waals surface area contributed by atoms with Gasteiger partial charge in [-0.25, -0.2) is 0 Å². The van der Waals surface area contributed by atoms with E-state index in [1.54, 1.807) is 14.2 Å². The molecule has 0 aromatic heterocycles. The van der Waals surface area contributed by atoms with Gasteiger partial charge in [-0.05, 0) is 24.6 Å². The molecule has 0 aliphatic heterocycles. The average Bonchev–Trinajstić information content (AvgIpc) is 2.49. The molecule has 0 spiro atoms. The van der Waals surface area contributed by atoms with Crippen molar-refractivity contribution in [3.05, 3.63) is 23.8 Å². The molecule has 0 N–H and O–H groups in total. The van der Waals surface area contributed by atoms with Crippen LogP contribution >= 0.6 is 0 Å². The summed E-state index contributed by atoms with van der Waals surface area (Å²) in [4.78, 5) is 0. The summed E-state index contributed by atoms with van der Waals surface area (Å²) in [6.07, 6.45) is 8.76. The highest BCUT2D eigenvalue weighted by Crippen LogP contribution is 2.22. The lowest BCUT2D eigenvalue weighted by Gasteiger charge is -2.05. The van der Waals surface area contributed by atoms with E-state index in [1.807, 2.05) is 18.2 Å². The zero-order chi connectivity index (χ0) is 14.6. The minimum Gasteiger partial charge on any atom is -0.497 e. The molecule has 0 fully saturated rings.